The van der Waals surface area contributed by atoms with E-state index >= 15 is 0 Å². The van der Waals surface area contributed by atoms with Crippen molar-refractivity contribution in [2.75, 3.05) is 0 Å². The molecule has 7 heteroatoms. The second kappa shape index (κ2) is 5.65. The highest BCUT2D eigenvalue weighted by atomic mass is 35.5. The smallest absolute Gasteiger partial charge is 0.273 e. The van der Waals surface area contributed by atoms with E-state index < -0.39 is 0 Å². The standard InChI is InChI=1S/C11H9Cl2N3OS/c1-6(7-2-4-14-5-3-7)15-11(17)9-8(12)10(13)18-16-9/h2-6H,1H3,(H,15,17). The van der Waals surface area contributed by atoms with Crippen molar-refractivity contribution in [3.8, 4) is 0 Å². The summed E-state index contributed by atoms with van der Waals surface area (Å²) in [5, 5.41) is 3.00. The zero-order valence-electron chi connectivity index (χ0n) is 9.35. The van der Waals surface area contributed by atoms with Crippen LogP contribution in [0, 0.1) is 0 Å². The van der Waals surface area contributed by atoms with Crippen molar-refractivity contribution in [1.82, 2.24) is 14.7 Å². The first kappa shape index (κ1) is 13.3. The van der Waals surface area contributed by atoms with Gasteiger partial charge in [-0.3, -0.25) is 9.78 Å². The molecule has 0 saturated carbocycles. The van der Waals surface area contributed by atoms with E-state index in [1.54, 1.807) is 12.4 Å². The fraction of sp³-hybridized carbons (Fsp3) is 0.182. The van der Waals surface area contributed by atoms with E-state index in [0.717, 1.165) is 17.1 Å². The van der Waals surface area contributed by atoms with E-state index in [1.807, 2.05) is 19.1 Å². The number of nitrogens with zero attached hydrogens (tertiary/aromatic N) is 2. The Labute approximate surface area is 118 Å². The van der Waals surface area contributed by atoms with Crippen LogP contribution in [0.3, 0.4) is 0 Å². The van der Waals surface area contributed by atoms with Gasteiger partial charge in [0, 0.05) is 12.4 Å². The molecule has 0 radical (unpaired) electrons. The van der Waals surface area contributed by atoms with Gasteiger partial charge in [-0.2, -0.15) is 4.37 Å². The summed E-state index contributed by atoms with van der Waals surface area (Å²) in [4.78, 5) is 15.9. The number of nitrogens with one attached hydrogen (secondary N) is 1. The van der Waals surface area contributed by atoms with Crippen LogP contribution >= 0.6 is 34.7 Å². The van der Waals surface area contributed by atoms with Gasteiger partial charge in [0.05, 0.1) is 6.04 Å². The van der Waals surface area contributed by atoms with Crippen molar-refractivity contribution in [1.29, 1.82) is 0 Å². The molecule has 2 rings (SSSR count). The topological polar surface area (TPSA) is 54.9 Å². The minimum Gasteiger partial charge on any atom is -0.344 e. The molecule has 0 aliphatic heterocycles. The third-order valence-electron chi connectivity index (χ3n) is 2.37. The second-order valence-corrected chi connectivity index (χ2v) is 5.35. The van der Waals surface area contributed by atoms with Gasteiger partial charge in [0.1, 0.15) is 9.36 Å². The maximum atomic E-state index is 11.9. The van der Waals surface area contributed by atoms with Crippen LogP contribution in [-0.4, -0.2) is 15.3 Å². The highest BCUT2D eigenvalue weighted by Gasteiger charge is 2.19. The Morgan fingerprint density at radius 1 is 1.39 bits per heavy atom. The lowest BCUT2D eigenvalue weighted by molar-refractivity contribution is 0.0936. The molecule has 1 N–H and O–H groups in total. The van der Waals surface area contributed by atoms with Crippen LogP contribution in [0.2, 0.25) is 9.36 Å². The summed E-state index contributed by atoms with van der Waals surface area (Å²) in [7, 11) is 0. The number of halogens is 2. The highest BCUT2D eigenvalue weighted by molar-refractivity contribution is 7.11. The van der Waals surface area contributed by atoms with E-state index in [4.69, 9.17) is 23.2 Å². The number of carbonyl (C=O) groups is 1. The maximum absolute atomic E-state index is 11.9. The zero-order chi connectivity index (χ0) is 13.1. The van der Waals surface area contributed by atoms with Crippen LogP contribution in [0.1, 0.15) is 29.0 Å². The van der Waals surface area contributed by atoms with Crippen LogP contribution in [0.15, 0.2) is 24.5 Å². The number of carbonyl (C=O) groups excluding carboxylic acids is 1. The summed E-state index contributed by atoms with van der Waals surface area (Å²) in [6.07, 6.45) is 3.34. The molecular weight excluding hydrogens is 293 g/mol. The molecule has 0 fully saturated rings. The average Bonchev–Trinajstić information content (AvgIpc) is 2.71. The molecule has 4 nitrogen and oxygen atoms in total. The molecule has 94 valence electrons. The van der Waals surface area contributed by atoms with Gasteiger partial charge in [0.25, 0.3) is 5.91 Å². The first-order valence-corrected chi connectivity index (χ1v) is 6.64. The molecule has 1 unspecified atom stereocenters. The SMILES string of the molecule is CC(NC(=O)c1nsc(Cl)c1Cl)c1ccncc1. The van der Waals surface area contributed by atoms with Crippen LogP contribution in [0.5, 0.6) is 0 Å². The normalized spacial score (nSPS) is 12.2. The third kappa shape index (κ3) is 2.80. The molecule has 0 saturated heterocycles. The van der Waals surface area contributed by atoms with Crippen molar-refractivity contribution in [3.05, 3.63) is 45.1 Å². The van der Waals surface area contributed by atoms with Crippen molar-refractivity contribution in [3.63, 3.8) is 0 Å². The molecule has 2 aromatic rings. The molecule has 1 atom stereocenters. The van der Waals surface area contributed by atoms with Crippen molar-refractivity contribution in [2.24, 2.45) is 0 Å². The highest BCUT2D eigenvalue weighted by Crippen LogP contribution is 2.29. The minimum atomic E-state index is -0.340. The Balaban J connectivity index is 2.11. The van der Waals surface area contributed by atoms with Gasteiger partial charge in [-0.15, -0.1) is 0 Å². The largest absolute Gasteiger partial charge is 0.344 e. The summed E-state index contributed by atoms with van der Waals surface area (Å²) in [6.45, 7) is 1.87. The number of pyridine rings is 1. The monoisotopic (exact) mass is 301 g/mol. The fourth-order valence-electron chi connectivity index (χ4n) is 1.40. The number of amides is 1. The number of hydrogen-bond donors (Lipinski definition) is 1. The summed E-state index contributed by atoms with van der Waals surface area (Å²) in [6, 6.07) is 3.51. The molecule has 0 spiro atoms. The van der Waals surface area contributed by atoms with Crippen LogP contribution in [-0.2, 0) is 0 Å². The van der Waals surface area contributed by atoms with Crippen molar-refractivity contribution in [2.45, 2.75) is 13.0 Å². The Kier molecular flexibility index (Phi) is 4.16. The van der Waals surface area contributed by atoms with Gasteiger partial charge in [-0.25, -0.2) is 0 Å². The molecule has 0 bridgehead atoms. The van der Waals surface area contributed by atoms with E-state index in [2.05, 4.69) is 14.7 Å². The van der Waals surface area contributed by atoms with Gasteiger partial charge in [0.15, 0.2) is 5.69 Å². The molecule has 0 aliphatic rings. The molecule has 0 aromatic carbocycles. The Bertz CT molecular complexity index is 559. The molecular formula is C11H9Cl2N3OS. The third-order valence-corrected chi connectivity index (χ3v) is 3.98. The minimum absolute atomic E-state index is 0.156. The lowest BCUT2D eigenvalue weighted by Gasteiger charge is -2.13. The number of hydrogen-bond acceptors (Lipinski definition) is 4. The average molecular weight is 302 g/mol. The van der Waals surface area contributed by atoms with Crippen LogP contribution in [0.25, 0.3) is 0 Å². The maximum Gasteiger partial charge on any atom is 0.273 e. The first-order valence-electron chi connectivity index (χ1n) is 5.11. The first-order chi connectivity index (χ1) is 8.59. The Morgan fingerprint density at radius 3 is 2.61 bits per heavy atom. The van der Waals surface area contributed by atoms with Gasteiger partial charge in [0.2, 0.25) is 0 Å². The Morgan fingerprint density at radius 2 is 2.06 bits per heavy atom. The van der Waals surface area contributed by atoms with Gasteiger partial charge >= 0.3 is 0 Å². The van der Waals surface area contributed by atoms with Crippen LogP contribution < -0.4 is 5.32 Å². The summed E-state index contributed by atoms with van der Waals surface area (Å²) in [5.74, 6) is -0.340. The second-order valence-electron chi connectivity index (χ2n) is 3.59. The zero-order valence-corrected chi connectivity index (χ0v) is 11.7. The molecule has 2 heterocycles. The lowest BCUT2D eigenvalue weighted by atomic mass is 10.1. The summed E-state index contributed by atoms with van der Waals surface area (Å²) >= 11 is 12.6. The number of rotatable bonds is 3. The predicted molar refractivity (Wildman–Crippen MR) is 72.3 cm³/mol. The van der Waals surface area contributed by atoms with Crippen LogP contribution in [0.4, 0.5) is 0 Å². The molecule has 2 aromatic heterocycles. The summed E-state index contributed by atoms with van der Waals surface area (Å²) in [5.41, 5.74) is 1.11. The predicted octanol–water partition coefficient (Wildman–Crippen LogP) is 3.34. The van der Waals surface area contributed by atoms with Crippen molar-refractivity contribution < 1.29 is 4.79 Å². The van der Waals surface area contributed by atoms with E-state index in [-0.39, 0.29) is 22.7 Å². The summed E-state index contributed by atoms with van der Waals surface area (Å²) < 4.78 is 4.23. The number of aromatic nitrogens is 2. The quantitative estimate of drug-likeness (QED) is 0.946. The van der Waals surface area contributed by atoms with Gasteiger partial charge in [-0.1, -0.05) is 23.2 Å². The Hall–Kier alpha value is -1.17. The van der Waals surface area contributed by atoms with Gasteiger partial charge < -0.3 is 5.32 Å². The fourth-order valence-corrected chi connectivity index (χ4v) is 2.40. The van der Waals surface area contributed by atoms with Crippen molar-refractivity contribution >= 4 is 40.6 Å². The molecule has 18 heavy (non-hydrogen) atoms. The van der Waals surface area contributed by atoms with E-state index in [9.17, 15) is 4.79 Å². The van der Waals surface area contributed by atoms with E-state index in [0.29, 0.717) is 4.34 Å². The van der Waals surface area contributed by atoms with Gasteiger partial charge in [-0.05, 0) is 36.2 Å². The lowest BCUT2D eigenvalue weighted by Crippen LogP contribution is -2.27. The molecule has 1 amide bonds. The molecule has 0 aliphatic carbocycles. The van der Waals surface area contributed by atoms with E-state index in [1.165, 1.54) is 0 Å².